The molecule has 178 valence electrons. The molecule has 2 saturated heterocycles. The quantitative estimate of drug-likeness (QED) is 0.438. The van der Waals surface area contributed by atoms with Gasteiger partial charge in [0.25, 0.3) is 5.91 Å². The van der Waals surface area contributed by atoms with Crippen LogP contribution in [0.5, 0.6) is 0 Å². The predicted molar refractivity (Wildman–Crippen MR) is 134 cm³/mol. The Hall–Kier alpha value is -3.56. The van der Waals surface area contributed by atoms with Crippen molar-refractivity contribution in [3.63, 3.8) is 0 Å². The molecule has 1 unspecified atom stereocenters. The minimum absolute atomic E-state index is 0.0127. The van der Waals surface area contributed by atoms with Crippen molar-refractivity contribution in [2.75, 3.05) is 37.6 Å². The number of piperazine rings is 1. The number of carbonyl (C=O) groups excluding carboxylic acids is 2. The summed E-state index contributed by atoms with van der Waals surface area (Å²) >= 11 is 1.36. The summed E-state index contributed by atoms with van der Waals surface area (Å²) in [5.74, 6) is -0.176. The Balaban J connectivity index is 1.16. The van der Waals surface area contributed by atoms with Gasteiger partial charge in [0.2, 0.25) is 5.91 Å². The molecule has 2 aliphatic rings. The predicted octanol–water partition coefficient (Wildman–Crippen LogP) is 3.79. The summed E-state index contributed by atoms with van der Waals surface area (Å²) in [6.07, 6.45) is 4.08. The molecule has 2 fully saturated rings. The van der Waals surface area contributed by atoms with E-state index in [1.54, 1.807) is 18.3 Å². The summed E-state index contributed by atoms with van der Waals surface area (Å²) < 4.78 is 15.4. The van der Waals surface area contributed by atoms with Crippen molar-refractivity contribution in [1.82, 2.24) is 19.4 Å². The van der Waals surface area contributed by atoms with Gasteiger partial charge in [-0.05, 0) is 42.5 Å². The maximum atomic E-state index is 13.4. The highest BCUT2D eigenvalue weighted by Gasteiger charge is 2.36. The molecule has 4 aromatic rings. The smallest absolute Gasteiger partial charge is 0.282 e. The van der Waals surface area contributed by atoms with Crippen molar-refractivity contribution in [2.45, 2.75) is 12.5 Å². The highest BCUT2D eigenvalue weighted by Crippen LogP contribution is 2.30. The van der Waals surface area contributed by atoms with Gasteiger partial charge in [-0.3, -0.25) is 14.5 Å². The van der Waals surface area contributed by atoms with Gasteiger partial charge in [-0.1, -0.05) is 6.07 Å². The molecule has 6 rings (SSSR count). The van der Waals surface area contributed by atoms with Gasteiger partial charge in [0.15, 0.2) is 5.01 Å². The van der Waals surface area contributed by atoms with Gasteiger partial charge in [0.1, 0.15) is 5.82 Å². The van der Waals surface area contributed by atoms with E-state index >= 15 is 0 Å². The number of hydrogen-bond donors (Lipinski definition) is 0. The summed E-state index contributed by atoms with van der Waals surface area (Å²) in [7, 11) is 0. The van der Waals surface area contributed by atoms with Gasteiger partial charge in [-0.25, -0.2) is 9.37 Å². The number of aromatic nitrogens is 2. The Morgan fingerprint density at radius 3 is 2.51 bits per heavy atom. The third-order valence-corrected chi connectivity index (χ3v) is 7.69. The van der Waals surface area contributed by atoms with Crippen LogP contribution in [0.3, 0.4) is 0 Å². The molecule has 35 heavy (non-hydrogen) atoms. The second-order valence-corrected chi connectivity index (χ2v) is 9.83. The second-order valence-electron chi connectivity index (χ2n) is 8.93. The third-order valence-electron chi connectivity index (χ3n) is 6.93. The minimum atomic E-state index is -0.270. The topological polar surface area (TPSA) is 61.7 Å². The first kappa shape index (κ1) is 21.9. The number of anilines is 1. The normalized spacial score (nSPS) is 19.1. The fraction of sp³-hybridized carbons (Fsp3) is 0.269. The standard InChI is InChI=1S/C26H24FN5O2S/c27-19-2-5-20(6-3-19)31-9-7-18-1-4-21(15-23(18)31)32-17-22(16-24(32)33)29-10-12-30(13-11-29)26(34)25-28-8-14-35-25/h1-9,14-15,22H,10-13,16-17H2. The van der Waals surface area contributed by atoms with Gasteiger partial charge in [0.05, 0.1) is 5.52 Å². The zero-order valence-corrected chi connectivity index (χ0v) is 19.8. The number of thiazole rings is 1. The highest BCUT2D eigenvalue weighted by molar-refractivity contribution is 7.11. The average Bonchev–Trinajstić information content (AvgIpc) is 3.64. The van der Waals surface area contributed by atoms with Crippen molar-refractivity contribution < 1.29 is 14.0 Å². The summed E-state index contributed by atoms with van der Waals surface area (Å²) in [5, 5.41) is 3.40. The monoisotopic (exact) mass is 489 g/mol. The van der Waals surface area contributed by atoms with Crippen molar-refractivity contribution in [1.29, 1.82) is 0 Å². The summed E-state index contributed by atoms with van der Waals surface area (Å²) in [6, 6.07) is 14.6. The van der Waals surface area contributed by atoms with Crippen LogP contribution in [0.4, 0.5) is 10.1 Å². The van der Waals surface area contributed by atoms with E-state index < -0.39 is 0 Å². The van der Waals surface area contributed by atoms with Crippen LogP contribution in [0, 0.1) is 5.82 Å². The summed E-state index contributed by atoms with van der Waals surface area (Å²) in [4.78, 5) is 35.7. The molecule has 9 heteroatoms. The van der Waals surface area contributed by atoms with Gasteiger partial charge in [-0.15, -0.1) is 11.3 Å². The van der Waals surface area contributed by atoms with Crippen LogP contribution >= 0.6 is 11.3 Å². The van der Waals surface area contributed by atoms with Crippen LogP contribution in [0.2, 0.25) is 0 Å². The third kappa shape index (κ3) is 4.11. The van der Waals surface area contributed by atoms with E-state index in [0.29, 0.717) is 31.1 Å². The number of benzene rings is 2. The van der Waals surface area contributed by atoms with E-state index in [1.807, 2.05) is 50.2 Å². The Morgan fingerprint density at radius 1 is 1.00 bits per heavy atom. The molecule has 0 bridgehead atoms. The van der Waals surface area contributed by atoms with Crippen molar-refractivity contribution >= 4 is 39.7 Å². The first-order chi connectivity index (χ1) is 17.1. The molecule has 0 aliphatic carbocycles. The van der Waals surface area contributed by atoms with Gasteiger partial charge >= 0.3 is 0 Å². The second kappa shape index (κ2) is 8.90. The lowest BCUT2D eigenvalue weighted by Crippen LogP contribution is -2.52. The number of halogens is 1. The lowest BCUT2D eigenvalue weighted by Gasteiger charge is -2.37. The van der Waals surface area contributed by atoms with Crippen LogP contribution in [0.25, 0.3) is 16.6 Å². The van der Waals surface area contributed by atoms with Crippen LogP contribution in [-0.4, -0.2) is 69.9 Å². The van der Waals surface area contributed by atoms with E-state index in [-0.39, 0.29) is 23.7 Å². The van der Waals surface area contributed by atoms with Crippen molar-refractivity contribution in [3.8, 4) is 5.69 Å². The number of nitrogens with zero attached hydrogens (tertiary/aromatic N) is 5. The molecule has 1 atom stereocenters. The fourth-order valence-corrected chi connectivity index (χ4v) is 5.65. The van der Waals surface area contributed by atoms with Crippen molar-refractivity contribution in [3.05, 3.63) is 77.1 Å². The molecule has 0 N–H and O–H groups in total. The van der Waals surface area contributed by atoms with E-state index in [9.17, 15) is 14.0 Å². The number of fused-ring (bicyclic) bond motifs is 1. The molecule has 0 radical (unpaired) electrons. The average molecular weight is 490 g/mol. The molecule has 0 spiro atoms. The minimum Gasteiger partial charge on any atom is -0.334 e. The van der Waals surface area contributed by atoms with Crippen molar-refractivity contribution in [2.24, 2.45) is 0 Å². The van der Waals surface area contributed by atoms with Gasteiger partial charge < -0.3 is 14.4 Å². The lowest BCUT2D eigenvalue weighted by molar-refractivity contribution is -0.117. The molecule has 2 amide bonds. The first-order valence-electron chi connectivity index (χ1n) is 11.7. The lowest BCUT2D eigenvalue weighted by atomic mass is 10.2. The largest absolute Gasteiger partial charge is 0.334 e. The molecule has 2 aromatic heterocycles. The van der Waals surface area contributed by atoms with E-state index in [4.69, 9.17) is 0 Å². The van der Waals surface area contributed by atoms with E-state index in [0.717, 1.165) is 35.4 Å². The van der Waals surface area contributed by atoms with Gasteiger partial charge in [-0.2, -0.15) is 0 Å². The van der Waals surface area contributed by atoms with Crippen LogP contribution in [0.1, 0.15) is 16.2 Å². The number of hydrogen-bond acceptors (Lipinski definition) is 5. The molecule has 2 aromatic carbocycles. The summed E-state index contributed by atoms with van der Waals surface area (Å²) in [5.41, 5.74) is 2.71. The van der Waals surface area contributed by atoms with E-state index in [1.165, 1.54) is 23.5 Å². The molecule has 7 nitrogen and oxygen atoms in total. The van der Waals surface area contributed by atoms with Gasteiger partial charge in [0, 0.05) is 79.7 Å². The molecule has 4 heterocycles. The Kier molecular flexibility index (Phi) is 5.58. The van der Waals surface area contributed by atoms with E-state index in [2.05, 4.69) is 9.88 Å². The maximum absolute atomic E-state index is 13.4. The molecule has 0 saturated carbocycles. The van der Waals surface area contributed by atoms with Crippen LogP contribution < -0.4 is 4.90 Å². The first-order valence-corrected chi connectivity index (χ1v) is 12.5. The zero-order chi connectivity index (χ0) is 23.9. The Labute approximate surface area is 206 Å². The van der Waals surface area contributed by atoms with Crippen LogP contribution in [-0.2, 0) is 4.79 Å². The maximum Gasteiger partial charge on any atom is 0.282 e. The van der Waals surface area contributed by atoms with Crippen LogP contribution in [0.15, 0.2) is 66.3 Å². The Bertz CT molecular complexity index is 1380. The number of carbonyl (C=O) groups is 2. The number of rotatable bonds is 4. The molecular formula is C26H24FN5O2S. The SMILES string of the molecule is O=C(c1nccs1)N1CCN(C2CC(=O)N(c3ccc4ccn(-c5ccc(F)cc5)c4c3)C2)CC1. The number of amides is 2. The Morgan fingerprint density at radius 2 is 1.77 bits per heavy atom. The summed E-state index contributed by atoms with van der Waals surface area (Å²) in [6.45, 7) is 3.40. The highest BCUT2D eigenvalue weighted by atomic mass is 32.1. The molecular weight excluding hydrogens is 465 g/mol. The fourth-order valence-electron chi connectivity index (χ4n) is 5.05. The molecule has 2 aliphatic heterocycles. The zero-order valence-electron chi connectivity index (χ0n) is 19.0.